The Bertz CT molecular complexity index is 626. The van der Waals surface area contributed by atoms with E-state index in [1.54, 1.807) is 30.1 Å². The summed E-state index contributed by atoms with van der Waals surface area (Å²) < 4.78 is 38.1. The summed E-state index contributed by atoms with van der Waals surface area (Å²) in [6.45, 7) is 1.89. The molecule has 1 aromatic heterocycles. The van der Waals surface area contributed by atoms with Gasteiger partial charge in [0.2, 0.25) is 0 Å². The normalized spacial score (nSPS) is 13.0. The van der Waals surface area contributed by atoms with Gasteiger partial charge >= 0.3 is 6.18 Å². The average molecular weight is 295 g/mol. The molecule has 1 heterocycles. The third-order valence-corrected chi connectivity index (χ3v) is 3.36. The Morgan fingerprint density at radius 3 is 2.43 bits per heavy atom. The minimum Gasteiger partial charge on any atom is -0.399 e. The van der Waals surface area contributed by atoms with Crippen molar-refractivity contribution >= 4 is 11.5 Å². The minimum absolute atomic E-state index is 0.149. The van der Waals surface area contributed by atoms with Crippen LogP contribution in [0.1, 0.15) is 24.2 Å². The van der Waals surface area contributed by atoms with Crippen LogP contribution in [-0.4, -0.2) is 12.0 Å². The number of benzene rings is 1. The fourth-order valence-corrected chi connectivity index (χ4v) is 2.02. The lowest BCUT2D eigenvalue weighted by atomic mass is 10.1. The Labute approximate surface area is 121 Å². The molecule has 1 aromatic carbocycles. The molecule has 0 fully saturated rings. The van der Waals surface area contributed by atoms with E-state index < -0.39 is 11.9 Å². The van der Waals surface area contributed by atoms with Gasteiger partial charge in [0.15, 0.2) is 0 Å². The van der Waals surface area contributed by atoms with Crippen molar-refractivity contribution in [2.75, 3.05) is 17.7 Å². The van der Waals surface area contributed by atoms with E-state index in [0.717, 1.165) is 11.6 Å². The van der Waals surface area contributed by atoms with Crippen LogP contribution in [0.2, 0.25) is 0 Å². The molecule has 0 aliphatic heterocycles. The molecule has 2 aromatic rings. The van der Waals surface area contributed by atoms with Crippen molar-refractivity contribution in [2.45, 2.75) is 19.1 Å². The van der Waals surface area contributed by atoms with E-state index in [4.69, 9.17) is 5.73 Å². The van der Waals surface area contributed by atoms with E-state index in [1.165, 1.54) is 6.07 Å². The van der Waals surface area contributed by atoms with Gasteiger partial charge in [0, 0.05) is 12.7 Å². The predicted molar refractivity (Wildman–Crippen MR) is 76.9 cm³/mol. The zero-order chi connectivity index (χ0) is 15.6. The molecule has 0 saturated heterocycles. The number of hydrogen-bond acceptors (Lipinski definition) is 3. The molecule has 112 valence electrons. The van der Waals surface area contributed by atoms with Gasteiger partial charge in [0.1, 0.15) is 11.5 Å². The summed E-state index contributed by atoms with van der Waals surface area (Å²) in [4.78, 5) is 5.37. The molecule has 21 heavy (non-hydrogen) atoms. The number of alkyl halides is 3. The average Bonchev–Trinajstić information content (AvgIpc) is 2.45. The van der Waals surface area contributed by atoms with E-state index in [1.807, 2.05) is 19.1 Å². The number of nitrogens with zero attached hydrogens (tertiary/aromatic N) is 2. The molecule has 0 saturated carbocycles. The van der Waals surface area contributed by atoms with Crippen LogP contribution < -0.4 is 10.6 Å². The molecule has 0 spiro atoms. The van der Waals surface area contributed by atoms with Crippen molar-refractivity contribution in [1.82, 2.24) is 4.98 Å². The molecule has 1 unspecified atom stereocenters. The van der Waals surface area contributed by atoms with Gasteiger partial charge in [-0.25, -0.2) is 4.98 Å². The van der Waals surface area contributed by atoms with Gasteiger partial charge in [-0.05, 0) is 36.8 Å². The Hall–Kier alpha value is -2.24. The number of halogens is 3. The maximum atomic E-state index is 12.7. The second-order valence-electron chi connectivity index (χ2n) is 4.84. The summed E-state index contributed by atoms with van der Waals surface area (Å²) in [5, 5.41) is 0. The number of anilines is 2. The Kier molecular flexibility index (Phi) is 4.06. The number of rotatable bonds is 3. The van der Waals surface area contributed by atoms with E-state index in [9.17, 15) is 13.2 Å². The number of nitrogens with two attached hydrogens (primary N) is 1. The number of hydrogen-bond donors (Lipinski definition) is 1. The molecule has 3 nitrogen and oxygen atoms in total. The van der Waals surface area contributed by atoms with E-state index in [-0.39, 0.29) is 11.9 Å². The van der Waals surface area contributed by atoms with Crippen LogP contribution in [0.3, 0.4) is 0 Å². The zero-order valence-electron chi connectivity index (χ0n) is 11.7. The SMILES string of the molecule is CC(c1cccc(N)c1)N(C)c1cccc(C(F)(F)F)n1. The zero-order valence-corrected chi connectivity index (χ0v) is 11.7. The van der Waals surface area contributed by atoms with Crippen LogP contribution >= 0.6 is 0 Å². The molecule has 1 atom stereocenters. The molecule has 0 aliphatic rings. The summed E-state index contributed by atoms with van der Waals surface area (Å²) in [5.41, 5.74) is 6.37. The van der Waals surface area contributed by atoms with Crippen molar-refractivity contribution in [1.29, 1.82) is 0 Å². The van der Waals surface area contributed by atoms with Crippen molar-refractivity contribution in [3.63, 3.8) is 0 Å². The van der Waals surface area contributed by atoms with Crippen molar-refractivity contribution in [3.05, 3.63) is 53.7 Å². The minimum atomic E-state index is -4.45. The molecule has 0 amide bonds. The van der Waals surface area contributed by atoms with Crippen molar-refractivity contribution in [2.24, 2.45) is 0 Å². The lowest BCUT2D eigenvalue weighted by Crippen LogP contribution is -2.23. The smallest absolute Gasteiger partial charge is 0.399 e. The lowest BCUT2D eigenvalue weighted by Gasteiger charge is -2.27. The van der Waals surface area contributed by atoms with E-state index >= 15 is 0 Å². The highest BCUT2D eigenvalue weighted by Crippen LogP contribution is 2.30. The monoisotopic (exact) mass is 295 g/mol. The van der Waals surface area contributed by atoms with Gasteiger partial charge in [-0.15, -0.1) is 0 Å². The Morgan fingerprint density at radius 1 is 1.14 bits per heavy atom. The second kappa shape index (κ2) is 5.63. The molecule has 2 rings (SSSR count). The summed E-state index contributed by atoms with van der Waals surface area (Å²) in [6, 6.07) is 11.0. The topological polar surface area (TPSA) is 42.1 Å². The van der Waals surface area contributed by atoms with Gasteiger partial charge < -0.3 is 10.6 Å². The van der Waals surface area contributed by atoms with Crippen LogP contribution in [0, 0.1) is 0 Å². The summed E-state index contributed by atoms with van der Waals surface area (Å²) >= 11 is 0. The van der Waals surface area contributed by atoms with Gasteiger partial charge in [-0.2, -0.15) is 13.2 Å². The quantitative estimate of drug-likeness (QED) is 0.874. The Balaban J connectivity index is 2.29. The third-order valence-electron chi connectivity index (χ3n) is 3.36. The first kappa shape index (κ1) is 15.2. The number of pyridine rings is 1. The van der Waals surface area contributed by atoms with Crippen molar-refractivity contribution in [3.8, 4) is 0 Å². The molecule has 0 aliphatic carbocycles. The second-order valence-corrected chi connectivity index (χ2v) is 4.84. The first-order chi connectivity index (χ1) is 9.79. The predicted octanol–water partition coefficient (Wildman–Crippen LogP) is 3.88. The summed E-state index contributed by atoms with van der Waals surface area (Å²) in [7, 11) is 1.70. The van der Waals surface area contributed by atoms with Gasteiger partial charge in [0.05, 0.1) is 6.04 Å². The fraction of sp³-hybridized carbons (Fsp3) is 0.267. The van der Waals surface area contributed by atoms with Crippen molar-refractivity contribution < 1.29 is 13.2 Å². The highest BCUT2D eigenvalue weighted by atomic mass is 19.4. The molecular formula is C15H16F3N3. The summed E-state index contributed by atoms with van der Waals surface area (Å²) in [5.74, 6) is 0.264. The maximum Gasteiger partial charge on any atom is 0.433 e. The molecule has 2 N–H and O–H groups in total. The molecule has 0 bridgehead atoms. The van der Waals surface area contributed by atoms with E-state index in [2.05, 4.69) is 4.98 Å². The lowest BCUT2D eigenvalue weighted by molar-refractivity contribution is -0.141. The Morgan fingerprint density at radius 2 is 1.81 bits per heavy atom. The van der Waals surface area contributed by atoms with Gasteiger partial charge in [-0.3, -0.25) is 0 Å². The molecule has 0 radical (unpaired) electrons. The standard InChI is InChI=1S/C15H16F3N3/c1-10(11-5-3-6-12(19)9-11)21(2)14-8-4-7-13(20-14)15(16,17)18/h3-10H,19H2,1-2H3. The first-order valence-corrected chi connectivity index (χ1v) is 6.41. The maximum absolute atomic E-state index is 12.7. The fourth-order valence-electron chi connectivity index (χ4n) is 2.02. The summed E-state index contributed by atoms with van der Waals surface area (Å²) in [6.07, 6.45) is -4.45. The van der Waals surface area contributed by atoms with Crippen LogP contribution in [0.25, 0.3) is 0 Å². The number of aromatic nitrogens is 1. The highest BCUT2D eigenvalue weighted by molar-refractivity contribution is 5.46. The van der Waals surface area contributed by atoms with Crippen LogP contribution in [0.4, 0.5) is 24.7 Å². The van der Waals surface area contributed by atoms with Gasteiger partial charge in [-0.1, -0.05) is 18.2 Å². The number of nitrogen functional groups attached to an aromatic ring is 1. The highest BCUT2D eigenvalue weighted by Gasteiger charge is 2.32. The first-order valence-electron chi connectivity index (χ1n) is 6.41. The van der Waals surface area contributed by atoms with E-state index in [0.29, 0.717) is 5.69 Å². The van der Waals surface area contributed by atoms with Crippen LogP contribution in [-0.2, 0) is 6.18 Å². The van der Waals surface area contributed by atoms with Gasteiger partial charge in [0.25, 0.3) is 0 Å². The molecule has 6 heteroatoms. The van der Waals surface area contributed by atoms with Crippen LogP contribution in [0.15, 0.2) is 42.5 Å². The van der Waals surface area contributed by atoms with Crippen LogP contribution in [0.5, 0.6) is 0 Å². The largest absolute Gasteiger partial charge is 0.433 e. The molecular weight excluding hydrogens is 279 g/mol. The third kappa shape index (κ3) is 3.45.